The van der Waals surface area contributed by atoms with Crippen LogP contribution < -0.4 is 5.73 Å². The van der Waals surface area contributed by atoms with Crippen molar-refractivity contribution >= 4 is 17.6 Å². The van der Waals surface area contributed by atoms with Gasteiger partial charge in [-0.25, -0.2) is 0 Å². The van der Waals surface area contributed by atoms with Crippen LogP contribution >= 0.6 is 11.8 Å². The van der Waals surface area contributed by atoms with Crippen molar-refractivity contribution in [3.63, 3.8) is 0 Å². The van der Waals surface area contributed by atoms with E-state index in [1.807, 2.05) is 13.0 Å². The van der Waals surface area contributed by atoms with Gasteiger partial charge in [-0.3, -0.25) is 5.41 Å². The average Bonchev–Trinajstić information content (AvgIpc) is 2.20. The zero-order chi connectivity index (χ0) is 11.4. The maximum absolute atomic E-state index is 7.54. The van der Waals surface area contributed by atoms with Crippen LogP contribution in [0.5, 0.6) is 0 Å². The molecule has 0 spiro atoms. The first-order chi connectivity index (χ1) is 7.04. The fraction of sp³-hybridized carbons (Fsp3) is 0.417. The van der Waals surface area contributed by atoms with E-state index >= 15 is 0 Å². The summed E-state index contributed by atoms with van der Waals surface area (Å²) in [6.45, 7) is 6.37. The topological polar surface area (TPSA) is 49.9 Å². The van der Waals surface area contributed by atoms with Crippen molar-refractivity contribution in [3.05, 3.63) is 29.3 Å². The lowest BCUT2D eigenvalue weighted by Gasteiger charge is -2.12. The van der Waals surface area contributed by atoms with Crippen LogP contribution in [0.25, 0.3) is 0 Å². The molecular weight excluding hydrogens is 204 g/mol. The number of nitrogen functional groups attached to an aromatic ring is 1. The van der Waals surface area contributed by atoms with Crippen molar-refractivity contribution in [3.8, 4) is 0 Å². The Balaban J connectivity index is 3.01. The van der Waals surface area contributed by atoms with Gasteiger partial charge in [0.2, 0.25) is 0 Å². The quantitative estimate of drug-likeness (QED) is 0.467. The Morgan fingerprint density at radius 3 is 2.73 bits per heavy atom. The molecule has 3 heteroatoms. The molecule has 82 valence electrons. The second-order valence-corrected chi connectivity index (χ2v) is 5.23. The molecule has 0 fully saturated rings. The first kappa shape index (κ1) is 12.1. The molecule has 3 N–H and O–H groups in total. The molecule has 0 aliphatic heterocycles. The highest BCUT2D eigenvalue weighted by Crippen LogP contribution is 2.28. The third kappa shape index (κ3) is 3.27. The molecule has 1 rings (SSSR count). The van der Waals surface area contributed by atoms with Crippen molar-refractivity contribution < 1.29 is 0 Å². The molecule has 0 aromatic heterocycles. The number of thioether (sulfide) groups is 1. The average molecular weight is 222 g/mol. The van der Waals surface area contributed by atoms with E-state index in [-0.39, 0.29) is 5.84 Å². The van der Waals surface area contributed by atoms with Crippen LogP contribution in [0.15, 0.2) is 23.1 Å². The molecule has 0 saturated heterocycles. The third-order valence-electron chi connectivity index (χ3n) is 2.33. The minimum atomic E-state index is 0.157. The molecule has 1 aromatic carbocycles. The summed E-state index contributed by atoms with van der Waals surface area (Å²) in [5, 5.41) is 8.10. The Hall–Kier alpha value is -0.960. The highest BCUT2D eigenvalue weighted by atomic mass is 32.2. The first-order valence-electron chi connectivity index (χ1n) is 5.16. The molecule has 0 aliphatic carbocycles. The lowest BCUT2D eigenvalue weighted by atomic mass is 10.1. The van der Waals surface area contributed by atoms with E-state index in [0.29, 0.717) is 5.25 Å². The summed E-state index contributed by atoms with van der Waals surface area (Å²) in [4.78, 5) is 1.11. The zero-order valence-electron chi connectivity index (χ0n) is 9.50. The van der Waals surface area contributed by atoms with E-state index in [1.54, 1.807) is 11.8 Å². The Labute approximate surface area is 95.8 Å². The molecule has 0 bridgehead atoms. The highest BCUT2D eigenvalue weighted by molar-refractivity contribution is 8.00. The highest BCUT2D eigenvalue weighted by Gasteiger charge is 2.09. The molecule has 15 heavy (non-hydrogen) atoms. The maximum Gasteiger partial charge on any atom is 0.123 e. The molecule has 1 atom stereocenters. The zero-order valence-corrected chi connectivity index (χ0v) is 10.3. The number of aryl methyl sites for hydroxylation is 1. The standard InChI is InChI=1S/C12H18N2S/c1-4-9(3)15-11-6-5-8(2)7-10(11)12(13)14/h5-7,9H,4H2,1-3H3,(H3,13,14). The summed E-state index contributed by atoms with van der Waals surface area (Å²) < 4.78 is 0. The second kappa shape index (κ2) is 5.21. The number of hydrogen-bond acceptors (Lipinski definition) is 2. The van der Waals surface area contributed by atoms with Gasteiger partial charge in [-0.15, -0.1) is 11.8 Å². The van der Waals surface area contributed by atoms with Crippen LogP contribution in [-0.4, -0.2) is 11.1 Å². The van der Waals surface area contributed by atoms with Gasteiger partial charge in [-0.05, 0) is 25.5 Å². The number of rotatable bonds is 4. The molecule has 2 nitrogen and oxygen atoms in total. The Morgan fingerprint density at radius 1 is 1.53 bits per heavy atom. The summed E-state index contributed by atoms with van der Waals surface area (Å²) in [5.41, 5.74) is 7.58. The normalized spacial score (nSPS) is 12.5. The van der Waals surface area contributed by atoms with Crippen molar-refractivity contribution in [2.75, 3.05) is 0 Å². The Bertz CT molecular complexity index is 361. The molecule has 0 aliphatic rings. The van der Waals surface area contributed by atoms with E-state index in [2.05, 4.69) is 26.0 Å². The summed E-state index contributed by atoms with van der Waals surface area (Å²) in [6, 6.07) is 6.10. The van der Waals surface area contributed by atoms with Crippen LogP contribution in [0.3, 0.4) is 0 Å². The molecule has 1 aromatic rings. The number of hydrogen-bond donors (Lipinski definition) is 2. The van der Waals surface area contributed by atoms with E-state index in [4.69, 9.17) is 11.1 Å². The van der Waals surface area contributed by atoms with E-state index in [1.165, 1.54) is 0 Å². The number of benzene rings is 1. The van der Waals surface area contributed by atoms with Crippen LogP contribution in [0, 0.1) is 12.3 Å². The van der Waals surface area contributed by atoms with Crippen LogP contribution in [0.4, 0.5) is 0 Å². The minimum absolute atomic E-state index is 0.157. The monoisotopic (exact) mass is 222 g/mol. The van der Waals surface area contributed by atoms with Crippen molar-refractivity contribution in [1.82, 2.24) is 0 Å². The van der Waals surface area contributed by atoms with Gasteiger partial charge in [0.25, 0.3) is 0 Å². The number of nitrogens with two attached hydrogens (primary N) is 1. The van der Waals surface area contributed by atoms with Gasteiger partial charge in [0.15, 0.2) is 0 Å². The van der Waals surface area contributed by atoms with Gasteiger partial charge in [0.05, 0.1) is 0 Å². The summed E-state index contributed by atoms with van der Waals surface area (Å²) in [7, 11) is 0. The SMILES string of the molecule is CCC(C)Sc1ccc(C)cc1C(=N)N. The van der Waals surface area contributed by atoms with Gasteiger partial charge in [-0.2, -0.15) is 0 Å². The molecular formula is C12H18N2S. The molecule has 0 radical (unpaired) electrons. The smallest absolute Gasteiger partial charge is 0.123 e. The first-order valence-corrected chi connectivity index (χ1v) is 6.04. The van der Waals surface area contributed by atoms with Gasteiger partial charge < -0.3 is 5.73 Å². The Kier molecular flexibility index (Phi) is 4.21. The molecule has 0 heterocycles. The van der Waals surface area contributed by atoms with Crippen LogP contribution in [0.1, 0.15) is 31.4 Å². The fourth-order valence-corrected chi connectivity index (χ4v) is 2.30. The lowest BCUT2D eigenvalue weighted by Crippen LogP contribution is -2.13. The molecule has 1 unspecified atom stereocenters. The van der Waals surface area contributed by atoms with Crippen molar-refractivity contribution in [2.24, 2.45) is 5.73 Å². The summed E-state index contributed by atoms with van der Waals surface area (Å²) in [6.07, 6.45) is 1.12. The predicted octanol–water partition coefficient (Wildman–Crippen LogP) is 3.17. The summed E-state index contributed by atoms with van der Waals surface area (Å²) >= 11 is 1.79. The van der Waals surface area contributed by atoms with Gasteiger partial charge in [0, 0.05) is 15.7 Å². The van der Waals surface area contributed by atoms with Crippen LogP contribution in [0.2, 0.25) is 0 Å². The van der Waals surface area contributed by atoms with Crippen molar-refractivity contribution in [2.45, 2.75) is 37.3 Å². The van der Waals surface area contributed by atoms with Crippen molar-refractivity contribution in [1.29, 1.82) is 5.41 Å². The second-order valence-electron chi connectivity index (χ2n) is 3.75. The predicted molar refractivity (Wildman–Crippen MR) is 67.8 cm³/mol. The van der Waals surface area contributed by atoms with Gasteiger partial charge in [0.1, 0.15) is 5.84 Å². The van der Waals surface area contributed by atoms with Gasteiger partial charge >= 0.3 is 0 Å². The number of amidine groups is 1. The third-order valence-corrected chi connectivity index (χ3v) is 3.67. The Morgan fingerprint density at radius 2 is 2.20 bits per heavy atom. The van der Waals surface area contributed by atoms with E-state index in [0.717, 1.165) is 22.4 Å². The lowest BCUT2D eigenvalue weighted by molar-refractivity contribution is 0.905. The summed E-state index contributed by atoms with van der Waals surface area (Å²) in [5.74, 6) is 0.157. The van der Waals surface area contributed by atoms with E-state index in [9.17, 15) is 0 Å². The molecule has 0 saturated carbocycles. The van der Waals surface area contributed by atoms with Gasteiger partial charge in [-0.1, -0.05) is 25.5 Å². The molecule has 0 amide bonds. The maximum atomic E-state index is 7.54. The number of nitrogens with one attached hydrogen (secondary N) is 1. The largest absolute Gasteiger partial charge is 0.384 e. The van der Waals surface area contributed by atoms with E-state index < -0.39 is 0 Å². The van der Waals surface area contributed by atoms with Crippen LogP contribution in [-0.2, 0) is 0 Å². The minimum Gasteiger partial charge on any atom is -0.384 e. The fourth-order valence-electron chi connectivity index (χ4n) is 1.26.